The summed E-state index contributed by atoms with van der Waals surface area (Å²) in [4.78, 5) is 26.5. The van der Waals surface area contributed by atoms with Crippen LogP contribution in [0.1, 0.15) is 11.1 Å². The molecule has 8 nitrogen and oxygen atoms in total. The van der Waals surface area contributed by atoms with Crippen LogP contribution >= 0.6 is 11.3 Å². The molecule has 1 amide bonds. The molecule has 1 aliphatic heterocycles. The van der Waals surface area contributed by atoms with Crippen molar-refractivity contribution >= 4 is 37.5 Å². The number of carbonyl (C=O) groups excluding carboxylic acids is 1. The van der Waals surface area contributed by atoms with Crippen LogP contribution in [-0.4, -0.2) is 50.1 Å². The van der Waals surface area contributed by atoms with E-state index in [9.17, 15) is 18.0 Å². The number of thiazole rings is 1. The highest BCUT2D eigenvalue weighted by molar-refractivity contribution is 7.89. The Bertz CT molecular complexity index is 1260. The van der Waals surface area contributed by atoms with E-state index in [4.69, 9.17) is 4.74 Å². The molecular weight excluding hydrogens is 438 g/mol. The van der Waals surface area contributed by atoms with Crippen LogP contribution in [0.2, 0.25) is 0 Å². The standard InChI is InChI=1S/C21H23N3O5S2/c1-15-2-4-16(5-3-15)13-22-31(27,28)17-6-7-18-19(12-17)30-21(26)24(18)14-20(25)23-8-10-29-11-9-23/h2-7,12,22H,8-11,13-14H2,1H3. The van der Waals surface area contributed by atoms with Crippen molar-refractivity contribution in [2.75, 3.05) is 26.3 Å². The number of nitrogens with one attached hydrogen (secondary N) is 1. The molecule has 0 radical (unpaired) electrons. The van der Waals surface area contributed by atoms with Gasteiger partial charge >= 0.3 is 4.87 Å². The third-order valence-electron chi connectivity index (χ3n) is 5.19. The first-order valence-corrected chi connectivity index (χ1v) is 12.2. The molecular formula is C21H23N3O5S2. The lowest BCUT2D eigenvalue weighted by Gasteiger charge is -2.26. The van der Waals surface area contributed by atoms with Gasteiger partial charge in [0.2, 0.25) is 15.9 Å². The molecule has 0 unspecified atom stereocenters. The number of amides is 1. The van der Waals surface area contributed by atoms with Crippen LogP contribution in [0.25, 0.3) is 10.2 Å². The largest absolute Gasteiger partial charge is 0.378 e. The lowest BCUT2D eigenvalue weighted by Crippen LogP contribution is -2.43. The van der Waals surface area contributed by atoms with Crippen LogP contribution in [0.5, 0.6) is 0 Å². The van der Waals surface area contributed by atoms with Crippen molar-refractivity contribution in [3.05, 3.63) is 63.3 Å². The predicted octanol–water partition coefficient (Wildman–Crippen LogP) is 1.71. The summed E-state index contributed by atoms with van der Waals surface area (Å²) in [5.74, 6) is -0.151. The van der Waals surface area contributed by atoms with Crippen LogP contribution in [0.4, 0.5) is 0 Å². The number of aromatic nitrogens is 1. The van der Waals surface area contributed by atoms with E-state index in [1.165, 1.54) is 16.7 Å². The Balaban J connectivity index is 1.53. The maximum atomic E-state index is 12.7. The van der Waals surface area contributed by atoms with Gasteiger partial charge in [0, 0.05) is 19.6 Å². The smallest absolute Gasteiger partial charge is 0.308 e. The van der Waals surface area contributed by atoms with E-state index in [1.54, 1.807) is 11.0 Å². The Morgan fingerprint density at radius 2 is 1.84 bits per heavy atom. The molecule has 0 aliphatic carbocycles. The molecule has 0 bridgehead atoms. The van der Waals surface area contributed by atoms with Crippen molar-refractivity contribution in [2.24, 2.45) is 0 Å². The Morgan fingerprint density at radius 3 is 2.55 bits per heavy atom. The first-order chi connectivity index (χ1) is 14.8. The van der Waals surface area contributed by atoms with Crippen molar-refractivity contribution in [1.82, 2.24) is 14.2 Å². The Kier molecular flexibility index (Phi) is 6.24. The van der Waals surface area contributed by atoms with Gasteiger partial charge in [-0.15, -0.1) is 0 Å². The van der Waals surface area contributed by atoms with Gasteiger partial charge < -0.3 is 9.64 Å². The monoisotopic (exact) mass is 461 g/mol. The molecule has 0 saturated carbocycles. The lowest BCUT2D eigenvalue weighted by atomic mass is 10.2. The number of sulfonamides is 1. The highest BCUT2D eigenvalue weighted by Gasteiger charge is 2.21. The van der Waals surface area contributed by atoms with Gasteiger partial charge in [-0.2, -0.15) is 0 Å². The van der Waals surface area contributed by atoms with Crippen molar-refractivity contribution in [1.29, 1.82) is 0 Å². The number of aryl methyl sites for hydroxylation is 1. The van der Waals surface area contributed by atoms with Gasteiger partial charge in [0.1, 0.15) is 6.54 Å². The lowest BCUT2D eigenvalue weighted by molar-refractivity contribution is -0.135. The number of benzene rings is 2. The van der Waals surface area contributed by atoms with E-state index in [0.29, 0.717) is 36.5 Å². The number of fused-ring (bicyclic) bond motifs is 1. The summed E-state index contributed by atoms with van der Waals surface area (Å²) in [6, 6.07) is 12.1. The van der Waals surface area contributed by atoms with Crippen LogP contribution in [0.3, 0.4) is 0 Å². The molecule has 4 rings (SSSR count). The van der Waals surface area contributed by atoms with E-state index >= 15 is 0 Å². The zero-order valence-corrected chi connectivity index (χ0v) is 18.7. The summed E-state index contributed by atoms with van der Waals surface area (Å²) in [5.41, 5.74) is 2.50. The normalized spacial score (nSPS) is 14.8. The van der Waals surface area contributed by atoms with Gasteiger partial charge in [-0.05, 0) is 30.7 Å². The molecule has 0 spiro atoms. The molecule has 3 aromatic rings. The van der Waals surface area contributed by atoms with Crippen LogP contribution in [-0.2, 0) is 32.6 Å². The first-order valence-electron chi connectivity index (χ1n) is 9.87. The van der Waals surface area contributed by atoms with E-state index in [-0.39, 0.29) is 28.8 Å². The highest BCUT2D eigenvalue weighted by atomic mass is 32.2. The van der Waals surface area contributed by atoms with Gasteiger partial charge in [-0.3, -0.25) is 14.2 Å². The molecule has 31 heavy (non-hydrogen) atoms. The second-order valence-corrected chi connectivity index (χ2v) is 10.1. The van der Waals surface area contributed by atoms with Crippen molar-refractivity contribution in [3.8, 4) is 0 Å². The predicted molar refractivity (Wildman–Crippen MR) is 119 cm³/mol. The number of morpholine rings is 1. The molecule has 1 N–H and O–H groups in total. The highest BCUT2D eigenvalue weighted by Crippen LogP contribution is 2.22. The molecule has 1 aliphatic rings. The minimum Gasteiger partial charge on any atom is -0.378 e. The fraction of sp³-hybridized carbons (Fsp3) is 0.333. The summed E-state index contributed by atoms with van der Waals surface area (Å²) in [5, 5.41) is 0. The topological polar surface area (TPSA) is 97.7 Å². The summed E-state index contributed by atoms with van der Waals surface area (Å²) in [7, 11) is -3.75. The SMILES string of the molecule is Cc1ccc(CNS(=O)(=O)c2ccc3c(c2)sc(=O)n3CC(=O)N2CCOCC2)cc1. The quantitative estimate of drug-likeness (QED) is 0.603. The number of hydrogen-bond donors (Lipinski definition) is 1. The molecule has 1 aromatic heterocycles. The Morgan fingerprint density at radius 1 is 1.13 bits per heavy atom. The summed E-state index contributed by atoms with van der Waals surface area (Å²) >= 11 is 0.933. The van der Waals surface area contributed by atoms with Gasteiger partial charge in [0.05, 0.1) is 28.3 Å². The Hall–Kier alpha value is -2.53. The summed E-state index contributed by atoms with van der Waals surface area (Å²) < 4.78 is 35.2. The fourth-order valence-electron chi connectivity index (χ4n) is 3.38. The number of hydrogen-bond acceptors (Lipinski definition) is 6. The van der Waals surface area contributed by atoms with E-state index in [0.717, 1.165) is 22.5 Å². The molecule has 164 valence electrons. The molecule has 1 fully saturated rings. The minimum absolute atomic E-state index is 0.0728. The molecule has 0 atom stereocenters. The van der Waals surface area contributed by atoms with Gasteiger partial charge in [-0.25, -0.2) is 13.1 Å². The third-order valence-corrected chi connectivity index (χ3v) is 7.53. The van der Waals surface area contributed by atoms with Gasteiger partial charge in [0.25, 0.3) is 0 Å². The molecule has 1 saturated heterocycles. The van der Waals surface area contributed by atoms with Gasteiger partial charge in [-0.1, -0.05) is 41.2 Å². The number of carbonyl (C=O) groups is 1. The summed E-state index contributed by atoms with van der Waals surface area (Å²) in [6.45, 7) is 4.05. The molecule has 10 heteroatoms. The number of nitrogens with zero attached hydrogens (tertiary/aromatic N) is 2. The van der Waals surface area contributed by atoms with E-state index < -0.39 is 10.0 Å². The maximum absolute atomic E-state index is 12.7. The minimum atomic E-state index is -3.75. The second-order valence-electron chi connectivity index (χ2n) is 7.39. The number of ether oxygens (including phenoxy) is 1. The van der Waals surface area contributed by atoms with Crippen LogP contribution in [0, 0.1) is 6.92 Å². The Labute approximate surface area is 184 Å². The maximum Gasteiger partial charge on any atom is 0.308 e. The van der Waals surface area contributed by atoms with E-state index in [1.807, 2.05) is 31.2 Å². The molecule has 2 aromatic carbocycles. The van der Waals surface area contributed by atoms with Crippen LogP contribution in [0.15, 0.2) is 52.2 Å². The third kappa shape index (κ3) is 4.87. The zero-order valence-electron chi connectivity index (χ0n) is 17.0. The van der Waals surface area contributed by atoms with Crippen molar-refractivity contribution in [2.45, 2.75) is 24.9 Å². The van der Waals surface area contributed by atoms with Crippen LogP contribution < -0.4 is 9.60 Å². The zero-order chi connectivity index (χ0) is 22.0. The fourth-order valence-corrected chi connectivity index (χ4v) is 5.43. The number of rotatable bonds is 6. The summed E-state index contributed by atoms with van der Waals surface area (Å²) in [6.07, 6.45) is 0. The molecule has 2 heterocycles. The van der Waals surface area contributed by atoms with Crippen molar-refractivity contribution in [3.63, 3.8) is 0 Å². The second kappa shape index (κ2) is 8.91. The first kappa shape index (κ1) is 21.7. The van der Waals surface area contributed by atoms with Gasteiger partial charge in [0.15, 0.2) is 0 Å². The van der Waals surface area contributed by atoms with E-state index in [2.05, 4.69) is 4.72 Å². The average Bonchev–Trinajstić information content (AvgIpc) is 3.08. The average molecular weight is 462 g/mol. The van der Waals surface area contributed by atoms with Crippen molar-refractivity contribution < 1.29 is 17.9 Å².